The number of nitrogens with one attached hydrogen (secondary N) is 1. The number of carboxylic acids is 1. The highest BCUT2D eigenvalue weighted by atomic mass is 16.4. The van der Waals surface area contributed by atoms with Crippen molar-refractivity contribution in [1.29, 1.82) is 0 Å². The molecule has 5 heteroatoms. The standard InChI is InChI=1S/C7H13NO4/c1-4(9)8-5(6(10)11)7(2,3)12/h5,12H,1-3H3,(H,8,9)(H,10,11)/t5-/m1/s1. The van der Waals surface area contributed by atoms with Gasteiger partial charge < -0.3 is 15.5 Å². The van der Waals surface area contributed by atoms with Crippen LogP contribution in [0.2, 0.25) is 0 Å². The minimum atomic E-state index is -1.46. The van der Waals surface area contributed by atoms with E-state index in [1.807, 2.05) is 0 Å². The fraction of sp³-hybridized carbons (Fsp3) is 0.714. The first-order valence-corrected chi connectivity index (χ1v) is 3.47. The zero-order valence-corrected chi connectivity index (χ0v) is 7.29. The fourth-order valence-electron chi connectivity index (χ4n) is 0.744. The van der Waals surface area contributed by atoms with Gasteiger partial charge in [-0.05, 0) is 13.8 Å². The van der Waals surface area contributed by atoms with Gasteiger partial charge in [0.15, 0.2) is 6.04 Å². The average Bonchev–Trinajstić information content (AvgIpc) is 1.79. The Bertz CT molecular complexity index is 194. The zero-order chi connectivity index (χ0) is 9.94. The number of hydrogen-bond donors (Lipinski definition) is 3. The molecule has 0 bridgehead atoms. The van der Waals surface area contributed by atoms with Gasteiger partial charge in [0.05, 0.1) is 5.60 Å². The Hall–Kier alpha value is -1.10. The molecule has 0 heterocycles. The highest BCUT2D eigenvalue weighted by Crippen LogP contribution is 2.08. The predicted octanol–water partition coefficient (Wildman–Crippen LogP) is -0.653. The maximum atomic E-state index is 10.5. The van der Waals surface area contributed by atoms with Gasteiger partial charge in [0, 0.05) is 6.92 Å². The molecule has 0 fully saturated rings. The van der Waals surface area contributed by atoms with Crippen LogP contribution in [-0.2, 0) is 9.59 Å². The Morgan fingerprint density at radius 2 is 1.83 bits per heavy atom. The molecule has 0 unspecified atom stereocenters. The molecule has 0 spiro atoms. The molecular formula is C7H13NO4. The fourth-order valence-corrected chi connectivity index (χ4v) is 0.744. The minimum absolute atomic E-state index is 0.482. The second-order valence-electron chi connectivity index (χ2n) is 3.13. The van der Waals surface area contributed by atoms with Gasteiger partial charge in [0.25, 0.3) is 0 Å². The largest absolute Gasteiger partial charge is 0.480 e. The van der Waals surface area contributed by atoms with Gasteiger partial charge in [-0.15, -0.1) is 0 Å². The number of hydrogen-bond acceptors (Lipinski definition) is 3. The maximum absolute atomic E-state index is 10.5. The van der Waals surface area contributed by atoms with Crippen molar-refractivity contribution in [3.8, 4) is 0 Å². The van der Waals surface area contributed by atoms with Gasteiger partial charge in [0.1, 0.15) is 0 Å². The minimum Gasteiger partial charge on any atom is -0.480 e. The van der Waals surface area contributed by atoms with Crippen LogP contribution in [0.25, 0.3) is 0 Å². The van der Waals surface area contributed by atoms with Crippen LogP contribution in [-0.4, -0.2) is 33.7 Å². The van der Waals surface area contributed by atoms with Crippen molar-refractivity contribution in [1.82, 2.24) is 5.32 Å². The topological polar surface area (TPSA) is 86.6 Å². The summed E-state index contributed by atoms with van der Waals surface area (Å²) in [7, 11) is 0. The van der Waals surface area contributed by atoms with Crippen LogP contribution in [0.5, 0.6) is 0 Å². The maximum Gasteiger partial charge on any atom is 0.329 e. The molecular weight excluding hydrogens is 162 g/mol. The second kappa shape index (κ2) is 3.53. The summed E-state index contributed by atoms with van der Waals surface area (Å²) in [5, 5.41) is 20.0. The van der Waals surface area contributed by atoms with Crippen molar-refractivity contribution in [2.75, 3.05) is 0 Å². The lowest BCUT2D eigenvalue weighted by molar-refractivity contribution is -0.148. The average molecular weight is 175 g/mol. The first-order chi connectivity index (χ1) is 5.25. The zero-order valence-electron chi connectivity index (χ0n) is 7.29. The van der Waals surface area contributed by atoms with Crippen molar-refractivity contribution in [3.63, 3.8) is 0 Å². The van der Waals surface area contributed by atoms with Crippen LogP contribution in [0, 0.1) is 0 Å². The van der Waals surface area contributed by atoms with E-state index in [1.165, 1.54) is 20.8 Å². The Morgan fingerprint density at radius 1 is 1.42 bits per heavy atom. The lowest BCUT2D eigenvalue weighted by Gasteiger charge is -2.25. The Balaban J connectivity index is 4.46. The number of carbonyl (C=O) groups is 2. The Morgan fingerprint density at radius 3 is 1.92 bits per heavy atom. The molecule has 0 aromatic rings. The lowest BCUT2D eigenvalue weighted by Crippen LogP contribution is -2.53. The third kappa shape index (κ3) is 3.34. The molecule has 1 amide bonds. The summed E-state index contributed by atoms with van der Waals surface area (Å²) in [6.45, 7) is 3.84. The predicted molar refractivity (Wildman–Crippen MR) is 41.5 cm³/mol. The molecule has 0 aliphatic rings. The summed E-state index contributed by atoms with van der Waals surface area (Å²) in [6.07, 6.45) is 0. The highest BCUT2D eigenvalue weighted by Gasteiger charge is 2.33. The summed E-state index contributed by atoms with van der Waals surface area (Å²) >= 11 is 0. The van der Waals surface area contributed by atoms with Crippen molar-refractivity contribution in [2.24, 2.45) is 0 Å². The Kier molecular flexibility index (Phi) is 3.21. The third-order valence-electron chi connectivity index (χ3n) is 1.30. The van der Waals surface area contributed by atoms with Crippen molar-refractivity contribution < 1.29 is 19.8 Å². The smallest absolute Gasteiger partial charge is 0.329 e. The molecule has 0 aromatic carbocycles. The first-order valence-electron chi connectivity index (χ1n) is 3.47. The Labute approximate surface area is 70.4 Å². The van der Waals surface area contributed by atoms with Gasteiger partial charge in [-0.3, -0.25) is 4.79 Å². The van der Waals surface area contributed by atoms with Gasteiger partial charge >= 0.3 is 5.97 Å². The van der Waals surface area contributed by atoms with Crippen molar-refractivity contribution >= 4 is 11.9 Å². The van der Waals surface area contributed by atoms with Gasteiger partial charge in [-0.25, -0.2) is 4.79 Å². The molecule has 0 radical (unpaired) electrons. The summed E-state index contributed by atoms with van der Waals surface area (Å²) in [6, 6.07) is -1.27. The number of aliphatic carboxylic acids is 1. The molecule has 70 valence electrons. The van der Waals surface area contributed by atoms with Crippen LogP contribution < -0.4 is 5.32 Å². The molecule has 0 rings (SSSR count). The number of amides is 1. The number of rotatable bonds is 3. The molecule has 1 atom stereocenters. The van der Waals surface area contributed by atoms with E-state index in [9.17, 15) is 14.7 Å². The molecule has 0 aromatic heterocycles. The summed E-state index contributed by atoms with van der Waals surface area (Å²) in [5.74, 6) is -1.73. The molecule has 0 saturated heterocycles. The first kappa shape index (κ1) is 10.9. The van der Waals surface area contributed by atoms with Crippen LogP contribution in [0.15, 0.2) is 0 Å². The van der Waals surface area contributed by atoms with Crippen LogP contribution in [0.1, 0.15) is 20.8 Å². The van der Waals surface area contributed by atoms with Gasteiger partial charge in [-0.1, -0.05) is 0 Å². The van der Waals surface area contributed by atoms with Crippen molar-refractivity contribution in [2.45, 2.75) is 32.4 Å². The molecule has 0 aliphatic carbocycles. The summed E-state index contributed by atoms with van der Waals surface area (Å²) in [5.41, 5.74) is -1.46. The van der Waals surface area contributed by atoms with Crippen LogP contribution in [0.4, 0.5) is 0 Å². The second-order valence-corrected chi connectivity index (χ2v) is 3.13. The van der Waals surface area contributed by atoms with Crippen LogP contribution >= 0.6 is 0 Å². The monoisotopic (exact) mass is 175 g/mol. The number of carbonyl (C=O) groups excluding carboxylic acids is 1. The normalized spacial score (nSPS) is 13.7. The lowest BCUT2D eigenvalue weighted by atomic mass is 9.99. The summed E-state index contributed by atoms with van der Waals surface area (Å²) in [4.78, 5) is 21.0. The van der Waals surface area contributed by atoms with E-state index in [4.69, 9.17) is 5.11 Å². The molecule has 0 saturated carbocycles. The van der Waals surface area contributed by atoms with E-state index >= 15 is 0 Å². The molecule has 12 heavy (non-hydrogen) atoms. The quantitative estimate of drug-likeness (QED) is 0.531. The van der Waals surface area contributed by atoms with E-state index in [0.29, 0.717) is 0 Å². The molecule has 0 aliphatic heterocycles. The van der Waals surface area contributed by atoms with E-state index in [1.54, 1.807) is 0 Å². The van der Waals surface area contributed by atoms with E-state index in [0.717, 1.165) is 0 Å². The van der Waals surface area contributed by atoms with Crippen molar-refractivity contribution in [3.05, 3.63) is 0 Å². The van der Waals surface area contributed by atoms with E-state index < -0.39 is 23.5 Å². The molecule has 5 nitrogen and oxygen atoms in total. The molecule has 3 N–H and O–H groups in total. The van der Waals surface area contributed by atoms with Crippen LogP contribution in [0.3, 0.4) is 0 Å². The number of carboxylic acid groups (broad SMARTS) is 1. The van der Waals surface area contributed by atoms with Gasteiger partial charge in [0.2, 0.25) is 5.91 Å². The number of aliphatic hydroxyl groups is 1. The van der Waals surface area contributed by atoms with E-state index in [2.05, 4.69) is 5.32 Å². The summed E-state index contributed by atoms with van der Waals surface area (Å²) < 4.78 is 0. The van der Waals surface area contributed by atoms with E-state index in [-0.39, 0.29) is 0 Å². The third-order valence-corrected chi connectivity index (χ3v) is 1.30. The highest BCUT2D eigenvalue weighted by molar-refractivity contribution is 5.83. The SMILES string of the molecule is CC(=O)N[C@H](C(=O)O)C(C)(C)O. The van der Waals surface area contributed by atoms with Gasteiger partial charge in [-0.2, -0.15) is 0 Å².